The molecule has 0 aliphatic heterocycles. The Hall–Kier alpha value is -5.44. The van der Waals surface area contributed by atoms with E-state index in [1.165, 1.54) is 7.11 Å². The van der Waals surface area contributed by atoms with Crippen LogP contribution in [0.25, 0.3) is 0 Å². The van der Waals surface area contributed by atoms with Crippen molar-refractivity contribution in [1.82, 2.24) is 5.32 Å². The molecule has 0 saturated heterocycles. The van der Waals surface area contributed by atoms with Crippen LogP contribution in [0.1, 0.15) is 39.5 Å². The highest BCUT2D eigenvalue weighted by molar-refractivity contribution is 6.00. The summed E-state index contributed by atoms with van der Waals surface area (Å²) < 4.78 is 4.81. The molecule has 0 aliphatic carbocycles. The molecule has 4 aromatic carbocycles. The highest BCUT2D eigenvalue weighted by atomic mass is 16.5. The number of benzene rings is 4. The van der Waals surface area contributed by atoms with E-state index in [1.54, 1.807) is 72.8 Å². The molecule has 0 saturated carbocycles. The van der Waals surface area contributed by atoms with Crippen molar-refractivity contribution in [3.05, 3.63) is 125 Å². The Kier molecular flexibility index (Phi) is 10.0. The number of urea groups is 1. The lowest BCUT2D eigenvalue weighted by Crippen LogP contribution is -2.30. The number of methoxy groups -OCH3 is 1. The summed E-state index contributed by atoms with van der Waals surface area (Å²) in [5.74, 6) is -0.988. The van der Waals surface area contributed by atoms with E-state index in [2.05, 4.69) is 21.3 Å². The first-order chi connectivity index (χ1) is 20.3. The second-order valence-electron chi connectivity index (χ2n) is 9.61. The van der Waals surface area contributed by atoms with Crippen molar-refractivity contribution < 1.29 is 23.9 Å². The Morgan fingerprint density at radius 1 is 0.714 bits per heavy atom. The molecule has 42 heavy (non-hydrogen) atoms. The highest BCUT2D eigenvalue weighted by Gasteiger charge is 2.20. The van der Waals surface area contributed by atoms with Crippen LogP contribution in [0, 0.1) is 6.92 Å². The molecule has 4 rings (SSSR count). The first-order valence-electron chi connectivity index (χ1n) is 13.4. The Labute approximate surface area is 244 Å². The van der Waals surface area contributed by atoms with Gasteiger partial charge in [0.25, 0.3) is 5.91 Å². The number of carbonyl (C=O) groups excluding carboxylic acids is 4. The summed E-state index contributed by atoms with van der Waals surface area (Å²) in [6.45, 7) is 1.91. The van der Waals surface area contributed by atoms with E-state index in [0.29, 0.717) is 22.5 Å². The molecule has 1 unspecified atom stereocenters. The summed E-state index contributed by atoms with van der Waals surface area (Å²) in [7, 11) is 1.30. The zero-order chi connectivity index (χ0) is 29.9. The van der Waals surface area contributed by atoms with Gasteiger partial charge in [0, 0.05) is 22.6 Å². The molecule has 0 aromatic heterocycles. The Morgan fingerprint density at radius 2 is 1.33 bits per heavy atom. The third-order valence-electron chi connectivity index (χ3n) is 6.51. The van der Waals surface area contributed by atoms with Crippen molar-refractivity contribution in [3.8, 4) is 0 Å². The molecule has 4 amide bonds. The number of nitrogens with one attached hydrogen (secondary N) is 4. The number of anilines is 3. The first kappa shape index (κ1) is 29.5. The van der Waals surface area contributed by atoms with Gasteiger partial charge >= 0.3 is 12.0 Å². The predicted molar refractivity (Wildman–Crippen MR) is 162 cm³/mol. The number of rotatable bonds is 10. The lowest BCUT2D eigenvalue weighted by molar-refractivity contribution is -0.141. The fourth-order valence-electron chi connectivity index (χ4n) is 4.23. The van der Waals surface area contributed by atoms with Crippen LogP contribution in [0.4, 0.5) is 21.9 Å². The third-order valence-corrected chi connectivity index (χ3v) is 6.51. The van der Waals surface area contributed by atoms with Crippen LogP contribution in [0.5, 0.6) is 0 Å². The van der Waals surface area contributed by atoms with Crippen LogP contribution < -0.4 is 21.3 Å². The smallest absolute Gasteiger partial charge is 0.323 e. The number of para-hydroxylation sites is 1. The van der Waals surface area contributed by atoms with Crippen LogP contribution in [0.3, 0.4) is 0 Å². The van der Waals surface area contributed by atoms with Gasteiger partial charge < -0.3 is 26.0 Å². The van der Waals surface area contributed by atoms with Gasteiger partial charge in [-0.15, -0.1) is 0 Å². The van der Waals surface area contributed by atoms with E-state index in [0.717, 1.165) is 16.8 Å². The van der Waals surface area contributed by atoms with Crippen molar-refractivity contribution in [1.29, 1.82) is 0 Å². The number of carbonyl (C=O) groups is 4. The second kappa shape index (κ2) is 14.3. The topological polar surface area (TPSA) is 126 Å². The second-order valence-corrected chi connectivity index (χ2v) is 9.61. The zero-order valence-corrected chi connectivity index (χ0v) is 23.3. The molecule has 0 fully saturated rings. The quantitative estimate of drug-likeness (QED) is 0.180. The lowest BCUT2D eigenvalue weighted by Gasteiger charge is -2.19. The lowest BCUT2D eigenvalue weighted by atomic mass is 10.0. The maximum absolute atomic E-state index is 12.7. The maximum atomic E-state index is 12.7. The summed E-state index contributed by atoms with van der Waals surface area (Å²) in [6, 6.07) is 29.2. The van der Waals surface area contributed by atoms with Crippen LogP contribution in [-0.4, -0.2) is 30.9 Å². The molecule has 214 valence electrons. The van der Waals surface area contributed by atoms with Crippen LogP contribution in [0.2, 0.25) is 0 Å². The summed E-state index contributed by atoms with van der Waals surface area (Å²) in [6.07, 6.45) is 0.0920. The normalized spacial score (nSPS) is 11.1. The maximum Gasteiger partial charge on any atom is 0.323 e. The minimum absolute atomic E-state index is 0.0425. The Bertz CT molecular complexity index is 1540. The van der Waals surface area contributed by atoms with E-state index >= 15 is 0 Å². The van der Waals surface area contributed by atoms with E-state index in [4.69, 9.17) is 4.74 Å². The molecule has 0 radical (unpaired) electrons. The largest absolute Gasteiger partial charge is 0.469 e. The molecule has 0 aliphatic rings. The van der Waals surface area contributed by atoms with E-state index in [9.17, 15) is 19.2 Å². The minimum Gasteiger partial charge on any atom is -0.469 e. The average Bonchev–Trinajstić information content (AvgIpc) is 2.99. The average molecular weight is 565 g/mol. The van der Waals surface area contributed by atoms with E-state index in [-0.39, 0.29) is 30.7 Å². The van der Waals surface area contributed by atoms with Gasteiger partial charge in [-0.05, 0) is 66.1 Å². The molecule has 4 N–H and O–H groups in total. The Balaban J connectivity index is 1.32. The van der Waals surface area contributed by atoms with Crippen molar-refractivity contribution >= 4 is 40.9 Å². The predicted octanol–water partition coefficient (Wildman–Crippen LogP) is 5.85. The monoisotopic (exact) mass is 564 g/mol. The molecular formula is C33H32N4O5. The summed E-state index contributed by atoms with van der Waals surface area (Å²) >= 11 is 0. The number of hydrogen-bond acceptors (Lipinski definition) is 5. The molecule has 0 heterocycles. The number of aryl methyl sites for hydroxylation is 1. The molecule has 0 spiro atoms. The van der Waals surface area contributed by atoms with Gasteiger partial charge in [0.2, 0.25) is 5.91 Å². The number of hydrogen-bond donors (Lipinski definition) is 4. The van der Waals surface area contributed by atoms with Crippen molar-refractivity contribution in [2.45, 2.75) is 25.8 Å². The minimum atomic E-state index is -0.610. The van der Waals surface area contributed by atoms with Crippen LogP contribution >= 0.6 is 0 Å². The third kappa shape index (κ3) is 8.53. The summed E-state index contributed by atoms with van der Waals surface area (Å²) in [4.78, 5) is 49.7. The van der Waals surface area contributed by atoms with Crippen LogP contribution in [0.15, 0.2) is 103 Å². The molecular weight excluding hydrogens is 532 g/mol. The number of amides is 4. The molecule has 9 heteroatoms. The molecule has 0 bridgehead atoms. The van der Waals surface area contributed by atoms with Gasteiger partial charge in [-0.3, -0.25) is 14.4 Å². The van der Waals surface area contributed by atoms with Gasteiger partial charge in [0.1, 0.15) is 0 Å². The summed E-state index contributed by atoms with van der Waals surface area (Å²) in [5.41, 5.74) is 4.80. The van der Waals surface area contributed by atoms with Crippen molar-refractivity contribution in [2.24, 2.45) is 0 Å². The Morgan fingerprint density at radius 3 is 2.00 bits per heavy atom. The fourth-order valence-corrected chi connectivity index (χ4v) is 4.23. The summed E-state index contributed by atoms with van der Waals surface area (Å²) in [5, 5.41) is 11.3. The van der Waals surface area contributed by atoms with Gasteiger partial charge in [-0.2, -0.15) is 0 Å². The van der Waals surface area contributed by atoms with Crippen molar-refractivity contribution in [2.75, 3.05) is 23.1 Å². The van der Waals surface area contributed by atoms with Gasteiger partial charge in [0.15, 0.2) is 0 Å². The standard InChI is InChI=1S/C33H32N4O5/c1-22-8-6-7-11-28(22)37-33(41)35-27-16-12-23(13-17-27)20-30(38)34-26-18-14-24(15-19-26)29(21-31(39)42-2)36-32(40)25-9-4-3-5-10-25/h3-19,29H,20-21H2,1-2H3,(H,34,38)(H,36,40)(H2,35,37,41). The van der Waals surface area contributed by atoms with Gasteiger partial charge in [-0.1, -0.05) is 60.7 Å². The molecule has 1 atom stereocenters. The highest BCUT2D eigenvalue weighted by Crippen LogP contribution is 2.21. The number of ether oxygens (including phenoxy) is 1. The SMILES string of the molecule is COC(=O)CC(NC(=O)c1ccccc1)c1ccc(NC(=O)Cc2ccc(NC(=O)Nc3ccccc3C)cc2)cc1. The first-order valence-corrected chi connectivity index (χ1v) is 13.4. The fraction of sp³-hybridized carbons (Fsp3) is 0.152. The van der Waals surface area contributed by atoms with Crippen molar-refractivity contribution in [3.63, 3.8) is 0 Å². The van der Waals surface area contributed by atoms with E-state index in [1.807, 2.05) is 37.3 Å². The van der Waals surface area contributed by atoms with Gasteiger partial charge in [0.05, 0.1) is 26.0 Å². The molecule has 4 aromatic rings. The van der Waals surface area contributed by atoms with E-state index < -0.39 is 12.0 Å². The van der Waals surface area contributed by atoms with Crippen LogP contribution in [-0.2, 0) is 20.7 Å². The zero-order valence-electron chi connectivity index (χ0n) is 23.3. The number of esters is 1. The molecule has 9 nitrogen and oxygen atoms in total. The van der Waals surface area contributed by atoms with Gasteiger partial charge in [-0.25, -0.2) is 4.79 Å².